The van der Waals surface area contributed by atoms with Crippen molar-refractivity contribution in [3.63, 3.8) is 0 Å². The molecule has 1 amide bonds. The first-order valence-electron chi connectivity index (χ1n) is 12.2. The van der Waals surface area contributed by atoms with Gasteiger partial charge in [-0.25, -0.2) is 0 Å². The zero-order valence-corrected chi connectivity index (χ0v) is 21.1. The van der Waals surface area contributed by atoms with Crippen molar-refractivity contribution >= 4 is 22.5 Å². The van der Waals surface area contributed by atoms with Crippen LogP contribution in [0.2, 0.25) is 0 Å². The number of rotatable bonds is 3. The normalized spacial score (nSPS) is 27.8. The van der Waals surface area contributed by atoms with Crippen LogP contribution in [0, 0.1) is 11.8 Å². The van der Waals surface area contributed by atoms with Crippen LogP contribution < -0.4 is 10.2 Å². The van der Waals surface area contributed by atoms with E-state index in [2.05, 4.69) is 83.0 Å². The minimum atomic E-state index is -0.298. The number of aliphatic hydroxyl groups excluding tert-OH is 1. The van der Waals surface area contributed by atoms with E-state index in [1.54, 1.807) is 0 Å². The number of fused-ring (bicyclic) bond motifs is 2. The van der Waals surface area contributed by atoms with Crippen molar-refractivity contribution in [2.45, 2.75) is 90.6 Å². The second-order valence-electron chi connectivity index (χ2n) is 11.7. The van der Waals surface area contributed by atoms with Gasteiger partial charge in [0.2, 0.25) is 5.91 Å². The molecule has 0 radical (unpaired) electrons. The maximum atomic E-state index is 13.3. The van der Waals surface area contributed by atoms with Crippen molar-refractivity contribution in [3.8, 4) is 0 Å². The number of hydrogen-bond acceptors (Lipinski definition) is 3. The summed E-state index contributed by atoms with van der Waals surface area (Å²) in [6, 6.07) is 1.82. The highest BCUT2D eigenvalue weighted by molar-refractivity contribution is 6.01. The average Bonchev–Trinajstić information content (AvgIpc) is 3.13. The van der Waals surface area contributed by atoms with Crippen molar-refractivity contribution < 1.29 is 9.90 Å². The van der Waals surface area contributed by atoms with Gasteiger partial charge in [0.25, 0.3) is 0 Å². The number of carbonyl (C=O) groups excluding carboxylic acids is 1. The maximum Gasteiger partial charge on any atom is 0.243 e. The summed E-state index contributed by atoms with van der Waals surface area (Å²) in [7, 11) is 2.06. The first-order chi connectivity index (χ1) is 14.9. The van der Waals surface area contributed by atoms with Gasteiger partial charge in [-0.15, -0.1) is 0 Å². The van der Waals surface area contributed by atoms with Crippen LogP contribution in [0.25, 0.3) is 10.9 Å². The zero-order valence-electron chi connectivity index (χ0n) is 21.1. The Balaban J connectivity index is 2.09. The number of likely N-dealkylation sites (N-methyl/N-ethyl adjacent to an activating group) is 1. The molecule has 5 nitrogen and oxygen atoms in total. The van der Waals surface area contributed by atoms with E-state index < -0.39 is 0 Å². The second kappa shape index (κ2) is 7.79. The lowest BCUT2D eigenvalue weighted by Crippen LogP contribution is -2.52. The van der Waals surface area contributed by atoms with E-state index >= 15 is 0 Å². The van der Waals surface area contributed by atoms with Crippen LogP contribution in [0.5, 0.6) is 0 Å². The van der Waals surface area contributed by atoms with E-state index in [1.165, 1.54) is 27.6 Å². The molecule has 2 aliphatic rings. The number of benzene rings is 1. The highest BCUT2D eigenvalue weighted by Gasteiger charge is 2.44. The summed E-state index contributed by atoms with van der Waals surface area (Å²) in [5, 5.41) is 14.3. The third-order valence-electron chi connectivity index (χ3n) is 8.58. The standard InChI is InChI=1S/C27H41N3O2/c1-15(2)24-25(32)29-18(14-31)11-17-13-28-23-21(17)20(30(24)8)12-19-22(23)26(5,6)9-10-27(19,7)16(3)4/h12-13,15-16,18,24,28,31H,9-11,14H2,1-8H3,(H,29,32)/t18-,24-,27?/m0/s1. The first-order valence-corrected chi connectivity index (χ1v) is 12.2. The lowest BCUT2D eigenvalue weighted by molar-refractivity contribution is -0.124. The molecule has 0 fully saturated rings. The number of aromatic amines is 1. The molecular formula is C27H41N3O2. The number of H-pyrrole nitrogens is 1. The number of nitrogens with zero attached hydrogens (tertiary/aromatic N) is 1. The predicted molar refractivity (Wildman–Crippen MR) is 132 cm³/mol. The summed E-state index contributed by atoms with van der Waals surface area (Å²) in [5.41, 5.74) is 6.52. The molecule has 1 unspecified atom stereocenters. The van der Waals surface area contributed by atoms with Crippen LogP contribution in [0.3, 0.4) is 0 Å². The van der Waals surface area contributed by atoms with Crippen LogP contribution in [0.4, 0.5) is 5.69 Å². The topological polar surface area (TPSA) is 68.4 Å². The molecular weight excluding hydrogens is 398 g/mol. The Morgan fingerprint density at radius 1 is 1.19 bits per heavy atom. The Bertz CT molecular complexity index is 1040. The van der Waals surface area contributed by atoms with E-state index in [1.807, 2.05) is 0 Å². The van der Waals surface area contributed by atoms with E-state index in [9.17, 15) is 9.90 Å². The lowest BCUT2D eigenvalue weighted by Gasteiger charge is -2.47. The van der Waals surface area contributed by atoms with Crippen molar-refractivity contribution in [2.24, 2.45) is 11.8 Å². The van der Waals surface area contributed by atoms with Crippen molar-refractivity contribution in [2.75, 3.05) is 18.6 Å². The Hall–Kier alpha value is -2.01. The fourth-order valence-electron chi connectivity index (χ4n) is 6.18. The molecule has 1 aliphatic heterocycles. The van der Waals surface area contributed by atoms with Gasteiger partial charge < -0.3 is 20.3 Å². The Kier molecular flexibility index (Phi) is 5.64. The molecule has 1 aromatic heterocycles. The van der Waals surface area contributed by atoms with E-state index in [-0.39, 0.29) is 41.3 Å². The van der Waals surface area contributed by atoms with Crippen LogP contribution in [-0.4, -0.2) is 41.7 Å². The van der Waals surface area contributed by atoms with Gasteiger partial charge in [-0.1, -0.05) is 48.5 Å². The number of amides is 1. The molecule has 32 heavy (non-hydrogen) atoms. The molecule has 0 saturated carbocycles. The number of aromatic nitrogens is 1. The molecule has 0 bridgehead atoms. The Morgan fingerprint density at radius 3 is 2.47 bits per heavy atom. The molecule has 3 N–H and O–H groups in total. The van der Waals surface area contributed by atoms with Gasteiger partial charge in [0, 0.05) is 24.3 Å². The number of aliphatic hydroxyl groups is 1. The monoisotopic (exact) mass is 439 g/mol. The molecule has 2 aromatic rings. The van der Waals surface area contributed by atoms with Gasteiger partial charge in [-0.3, -0.25) is 4.79 Å². The van der Waals surface area contributed by atoms with Gasteiger partial charge in [-0.05, 0) is 64.7 Å². The van der Waals surface area contributed by atoms with Crippen LogP contribution in [0.1, 0.15) is 78.0 Å². The highest BCUT2D eigenvalue weighted by Crippen LogP contribution is 2.53. The number of nitrogens with one attached hydrogen (secondary N) is 2. The van der Waals surface area contributed by atoms with Crippen molar-refractivity contribution in [1.82, 2.24) is 10.3 Å². The van der Waals surface area contributed by atoms with Crippen molar-refractivity contribution in [1.29, 1.82) is 0 Å². The van der Waals surface area contributed by atoms with Crippen LogP contribution >= 0.6 is 0 Å². The summed E-state index contributed by atoms with van der Waals surface area (Å²) < 4.78 is 0. The Labute approximate surface area is 193 Å². The number of hydrogen-bond donors (Lipinski definition) is 3. The molecule has 3 atom stereocenters. The van der Waals surface area contributed by atoms with Gasteiger partial charge in [-0.2, -0.15) is 0 Å². The van der Waals surface area contributed by atoms with Gasteiger partial charge in [0.05, 0.1) is 18.2 Å². The number of anilines is 1. The van der Waals surface area contributed by atoms with Gasteiger partial charge in [0.15, 0.2) is 0 Å². The maximum absolute atomic E-state index is 13.3. The molecule has 5 heteroatoms. The summed E-state index contributed by atoms with van der Waals surface area (Å²) in [6.07, 6.45) is 5.04. The first kappa shape index (κ1) is 23.2. The lowest BCUT2D eigenvalue weighted by atomic mass is 9.58. The molecule has 1 aliphatic carbocycles. The average molecular weight is 440 g/mol. The quantitative estimate of drug-likeness (QED) is 0.652. The summed E-state index contributed by atoms with van der Waals surface area (Å²) in [4.78, 5) is 19.1. The van der Waals surface area contributed by atoms with E-state index in [0.29, 0.717) is 12.3 Å². The third-order valence-corrected chi connectivity index (χ3v) is 8.58. The van der Waals surface area contributed by atoms with Gasteiger partial charge >= 0.3 is 0 Å². The summed E-state index contributed by atoms with van der Waals surface area (Å²) in [6.45, 7) is 15.9. The summed E-state index contributed by atoms with van der Waals surface area (Å²) >= 11 is 0. The fourth-order valence-corrected chi connectivity index (χ4v) is 6.18. The fraction of sp³-hybridized carbons (Fsp3) is 0.667. The minimum Gasteiger partial charge on any atom is -0.394 e. The minimum absolute atomic E-state index is 0.00601. The van der Waals surface area contributed by atoms with Crippen LogP contribution in [-0.2, 0) is 22.0 Å². The molecule has 0 saturated heterocycles. The van der Waals surface area contributed by atoms with E-state index in [4.69, 9.17) is 0 Å². The Morgan fingerprint density at radius 2 is 1.88 bits per heavy atom. The smallest absolute Gasteiger partial charge is 0.243 e. The number of carbonyl (C=O) groups is 1. The van der Waals surface area contributed by atoms with Crippen molar-refractivity contribution in [3.05, 3.63) is 29.0 Å². The second-order valence-corrected chi connectivity index (χ2v) is 11.7. The summed E-state index contributed by atoms with van der Waals surface area (Å²) in [5.74, 6) is 0.647. The molecule has 2 heterocycles. The highest BCUT2D eigenvalue weighted by atomic mass is 16.3. The SMILES string of the molecule is CC(C)[C@H]1C(=O)N[C@H](CO)Cc2c[nH]c3c4c(cc(c23)N1C)C(C)(C(C)C)CCC4(C)C. The molecule has 176 valence electrons. The largest absolute Gasteiger partial charge is 0.394 e. The molecule has 1 aromatic carbocycles. The third kappa shape index (κ3) is 3.35. The van der Waals surface area contributed by atoms with E-state index in [0.717, 1.165) is 18.5 Å². The zero-order chi connectivity index (χ0) is 23.6. The van der Waals surface area contributed by atoms with Crippen LogP contribution in [0.15, 0.2) is 12.3 Å². The van der Waals surface area contributed by atoms with Gasteiger partial charge in [0.1, 0.15) is 6.04 Å². The predicted octanol–water partition coefficient (Wildman–Crippen LogP) is 4.65. The molecule has 4 rings (SSSR count). The molecule has 0 spiro atoms.